The van der Waals surface area contributed by atoms with E-state index in [1.165, 1.54) is 19.3 Å². The Hall–Kier alpha value is -0.790. The van der Waals surface area contributed by atoms with Gasteiger partial charge in [-0.1, -0.05) is 19.9 Å². The molecule has 0 saturated carbocycles. The van der Waals surface area contributed by atoms with Crippen molar-refractivity contribution in [2.45, 2.75) is 39.0 Å². The van der Waals surface area contributed by atoms with Crippen molar-refractivity contribution >= 4 is 5.91 Å². The van der Waals surface area contributed by atoms with E-state index in [0.717, 1.165) is 13.0 Å². The molecule has 1 fully saturated rings. The molecule has 0 radical (unpaired) electrons. The second-order valence-electron chi connectivity index (χ2n) is 3.78. The molecule has 1 saturated heterocycles. The topological polar surface area (TPSA) is 20.3 Å². The van der Waals surface area contributed by atoms with Crippen molar-refractivity contribution in [2.24, 2.45) is 5.92 Å². The van der Waals surface area contributed by atoms with Crippen molar-refractivity contribution < 1.29 is 4.79 Å². The fraction of sp³-hybridized carbons (Fsp3) is 0.727. The zero-order chi connectivity index (χ0) is 9.68. The minimum Gasteiger partial charge on any atom is -0.319 e. The van der Waals surface area contributed by atoms with Gasteiger partial charge in [0.05, 0.1) is 0 Å². The molecular formula is C11H19NO. The van der Waals surface area contributed by atoms with Gasteiger partial charge in [0.2, 0.25) is 5.91 Å². The molecule has 0 N–H and O–H groups in total. The van der Waals surface area contributed by atoms with E-state index in [-0.39, 0.29) is 5.91 Å². The van der Waals surface area contributed by atoms with E-state index in [4.69, 9.17) is 0 Å². The number of likely N-dealkylation sites (tertiary alicyclic amines) is 1. The van der Waals surface area contributed by atoms with E-state index in [1.54, 1.807) is 11.1 Å². The van der Waals surface area contributed by atoms with Crippen LogP contribution in [0, 0.1) is 5.92 Å². The largest absolute Gasteiger partial charge is 0.319 e. The van der Waals surface area contributed by atoms with E-state index < -0.39 is 0 Å². The van der Waals surface area contributed by atoms with Gasteiger partial charge in [-0.15, -0.1) is 0 Å². The second kappa shape index (κ2) is 5.05. The number of carbonyl (C=O) groups is 1. The molecule has 1 unspecified atom stereocenters. The molecule has 1 aliphatic heterocycles. The summed E-state index contributed by atoms with van der Waals surface area (Å²) in [4.78, 5) is 13.2. The van der Waals surface area contributed by atoms with Crippen LogP contribution in [0.5, 0.6) is 0 Å². The lowest BCUT2D eigenvalue weighted by Crippen LogP contribution is -2.27. The third-order valence-corrected chi connectivity index (χ3v) is 2.70. The predicted octanol–water partition coefficient (Wildman–Crippen LogP) is 2.56. The highest BCUT2D eigenvalue weighted by molar-refractivity contribution is 5.77. The maximum Gasteiger partial charge on any atom is 0.226 e. The molecular weight excluding hydrogens is 162 g/mol. The molecule has 0 spiro atoms. The van der Waals surface area contributed by atoms with Crippen molar-refractivity contribution in [2.75, 3.05) is 6.54 Å². The summed E-state index contributed by atoms with van der Waals surface area (Å²) in [5, 5.41) is 0. The number of hydrogen-bond donors (Lipinski definition) is 0. The highest BCUT2D eigenvalue weighted by Crippen LogP contribution is 2.21. The van der Waals surface area contributed by atoms with E-state index in [1.807, 2.05) is 0 Å². The van der Waals surface area contributed by atoms with Crippen LogP contribution in [0.2, 0.25) is 0 Å². The highest BCUT2D eigenvalue weighted by atomic mass is 16.2. The first-order chi connectivity index (χ1) is 6.27. The van der Waals surface area contributed by atoms with Crippen LogP contribution in [0.1, 0.15) is 39.0 Å². The number of rotatable bonds is 3. The highest BCUT2D eigenvalue weighted by Gasteiger charge is 2.20. The third-order valence-electron chi connectivity index (χ3n) is 2.70. The van der Waals surface area contributed by atoms with Gasteiger partial charge in [-0.2, -0.15) is 0 Å². The summed E-state index contributed by atoms with van der Waals surface area (Å²) < 4.78 is 0. The fourth-order valence-electron chi connectivity index (χ4n) is 1.98. The molecule has 13 heavy (non-hydrogen) atoms. The van der Waals surface area contributed by atoms with Crippen LogP contribution in [0.4, 0.5) is 0 Å². The summed E-state index contributed by atoms with van der Waals surface area (Å²) >= 11 is 0. The first kappa shape index (κ1) is 10.3. The molecule has 0 aliphatic carbocycles. The van der Waals surface area contributed by atoms with Gasteiger partial charge in [-0.25, -0.2) is 0 Å². The van der Waals surface area contributed by atoms with Crippen molar-refractivity contribution in [1.29, 1.82) is 0 Å². The van der Waals surface area contributed by atoms with E-state index in [9.17, 15) is 4.79 Å². The second-order valence-corrected chi connectivity index (χ2v) is 3.78. The van der Waals surface area contributed by atoms with Gasteiger partial charge in [0.25, 0.3) is 0 Å². The Kier molecular flexibility index (Phi) is 4.00. The van der Waals surface area contributed by atoms with E-state index in [2.05, 4.69) is 13.5 Å². The molecule has 0 aromatic carbocycles. The van der Waals surface area contributed by atoms with Crippen LogP contribution in [0.15, 0.2) is 12.8 Å². The molecule has 1 atom stereocenters. The Bertz CT molecular complexity index is 189. The van der Waals surface area contributed by atoms with Crippen molar-refractivity contribution in [3.05, 3.63) is 12.8 Å². The average molecular weight is 181 g/mol. The summed E-state index contributed by atoms with van der Waals surface area (Å²) in [6.07, 6.45) is 7.07. The number of carbonyl (C=O) groups excluding carboxylic acids is 1. The Morgan fingerprint density at radius 1 is 1.69 bits per heavy atom. The first-order valence-electron chi connectivity index (χ1n) is 5.20. The zero-order valence-electron chi connectivity index (χ0n) is 8.46. The lowest BCUT2D eigenvalue weighted by molar-refractivity contribution is -0.128. The Morgan fingerprint density at radius 2 is 2.46 bits per heavy atom. The molecule has 1 rings (SSSR count). The summed E-state index contributed by atoms with van der Waals surface area (Å²) in [5.74, 6) is 0.933. The van der Waals surface area contributed by atoms with Gasteiger partial charge in [0.1, 0.15) is 0 Å². The Labute approximate surface area is 80.6 Å². The minimum atomic E-state index is 0.244. The van der Waals surface area contributed by atoms with Gasteiger partial charge in [0, 0.05) is 13.0 Å². The SMILES string of the molecule is C=CN1CC(CCC)CCCC1=O. The zero-order valence-corrected chi connectivity index (χ0v) is 8.46. The quantitative estimate of drug-likeness (QED) is 0.655. The van der Waals surface area contributed by atoms with Crippen LogP contribution in [-0.4, -0.2) is 17.4 Å². The van der Waals surface area contributed by atoms with Gasteiger partial charge >= 0.3 is 0 Å². The van der Waals surface area contributed by atoms with Crippen molar-refractivity contribution in [1.82, 2.24) is 4.90 Å². The van der Waals surface area contributed by atoms with E-state index >= 15 is 0 Å². The van der Waals surface area contributed by atoms with E-state index in [0.29, 0.717) is 12.3 Å². The molecule has 0 aromatic heterocycles. The number of amides is 1. The lowest BCUT2D eigenvalue weighted by Gasteiger charge is -2.20. The van der Waals surface area contributed by atoms with Crippen LogP contribution in [0.25, 0.3) is 0 Å². The summed E-state index contributed by atoms with van der Waals surface area (Å²) in [6, 6.07) is 0. The lowest BCUT2D eigenvalue weighted by atomic mass is 9.98. The third kappa shape index (κ3) is 2.87. The van der Waals surface area contributed by atoms with Crippen LogP contribution in [-0.2, 0) is 4.79 Å². The standard InChI is InChI=1S/C11H19NO/c1-3-6-10-7-5-8-11(13)12(4-2)9-10/h4,10H,2-3,5-9H2,1H3. The minimum absolute atomic E-state index is 0.244. The van der Waals surface area contributed by atoms with Crippen molar-refractivity contribution in [3.63, 3.8) is 0 Å². The monoisotopic (exact) mass is 181 g/mol. The van der Waals surface area contributed by atoms with Crippen molar-refractivity contribution in [3.8, 4) is 0 Å². The molecule has 1 heterocycles. The van der Waals surface area contributed by atoms with Gasteiger partial charge in [-0.3, -0.25) is 4.79 Å². The summed E-state index contributed by atoms with van der Waals surface area (Å²) in [6.45, 7) is 6.76. The molecule has 1 aliphatic rings. The normalized spacial score (nSPS) is 24.2. The maximum absolute atomic E-state index is 11.4. The summed E-state index contributed by atoms with van der Waals surface area (Å²) in [5.41, 5.74) is 0. The Morgan fingerprint density at radius 3 is 3.08 bits per heavy atom. The molecule has 2 nitrogen and oxygen atoms in total. The molecule has 0 aromatic rings. The van der Waals surface area contributed by atoms with Crippen LogP contribution in [0.3, 0.4) is 0 Å². The summed E-state index contributed by atoms with van der Waals surface area (Å²) in [7, 11) is 0. The van der Waals surface area contributed by atoms with Crippen LogP contribution < -0.4 is 0 Å². The fourth-order valence-corrected chi connectivity index (χ4v) is 1.98. The molecule has 1 amide bonds. The molecule has 2 heteroatoms. The van der Waals surface area contributed by atoms with Gasteiger partial charge in [-0.05, 0) is 31.4 Å². The maximum atomic E-state index is 11.4. The molecule has 0 bridgehead atoms. The van der Waals surface area contributed by atoms with Gasteiger partial charge < -0.3 is 4.90 Å². The smallest absolute Gasteiger partial charge is 0.226 e. The average Bonchev–Trinajstić information content (AvgIpc) is 2.29. The number of nitrogens with zero attached hydrogens (tertiary/aromatic N) is 1. The van der Waals surface area contributed by atoms with Crippen LogP contribution >= 0.6 is 0 Å². The molecule has 74 valence electrons. The number of hydrogen-bond acceptors (Lipinski definition) is 1. The Balaban J connectivity index is 2.53. The first-order valence-corrected chi connectivity index (χ1v) is 5.20. The van der Waals surface area contributed by atoms with Gasteiger partial charge in [0.15, 0.2) is 0 Å². The predicted molar refractivity (Wildman–Crippen MR) is 54.2 cm³/mol.